The van der Waals surface area contributed by atoms with Crippen molar-refractivity contribution in [3.63, 3.8) is 0 Å². The van der Waals surface area contributed by atoms with Gasteiger partial charge in [0.1, 0.15) is 5.76 Å². The number of methoxy groups -OCH3 is 1. The van der Waals surface area contributed by atoms with E-state index in [0.717, 1.165) is 62.1 Å². The van der Waals surface area contributed by atoms with Crippen molar-refractivity contribution in [2.45, 2.75) is 44.8 Å². The van der Waals surface area contributed by atoms with Crippen LogP contribution in [0.4, 0.5) is 0 Å². The SMILES string of the molecule is COCCn1c(=O)n(C2CCN(C(=O)C3CCN(Cc4ccco4)CC3)CC2)c2ccccc21. The Morgan fingerprint density at radius 3 is 2.41 bits per heavy atom. The minimum absolute atomic E-state index is 0.0203. The van der Waals surface area contributed by atoms with Crippen molar-refractivity contribution in [1.82, 2.24) is 18.9 Å². The Labute approximate surface area is 199 Å². The van der Waals surface area contributed by atoms with Crippen LogP contribution in [0.25, 0.3) is 11.0 Å². The van der Waals surface area contributed by atoms with Gasteiger partial charge in [-0.25, -0.2) is 4.79 Å². The average molecular weight is 467 g/mol. The van der Waals surface area contributed by atoms with Gasteiger partial charge in [0, 0.05) is 32.2 Å². The largest absolute Gasteiger partial charge is 0.468 e. The number of benzene rings is 1. The minimum atomic E-state index is 0.0203. The smallest absolute Gasteiger partial charge is 0.329 e. The molecule has 2 aliphatic rings. The van der Waals surface area contributed by atoms with Crippen molar-refractivity contribution in [3.05, 3.63) is 58.9 Å². The minimum Gasteiger partial charge on any atom is -0.468 e. The normalized spacial score (nSPS) is 18.7. The third kappa shape index (κ3) is 4.57. The van der Waals surface area contributed by atoms with Crippen LogP contribution in [0.3, 0.4) is 0 Å². The van der Waals surface area contributed by atoms with Gasteiger partial charge in [-0.3, -0.25) is 18.8 Å². The van der Waals surface area contributed by atoms with Crippen LogP contribution in [-0.4, -0.2) is 64.7 Å². The number of amides is 1. The molecule has 0 unspecified atom stereocenters. The Morgan fingerprint density at radius 1 is 1.00 bits per heavy atom. The van der Waals surface area contributed by atoms with Gasteiger partial charge in [0.2, 0.25) is 5.91 Å². The molecule has 1 amide bonds. The molecule has 8 nitrogen and oxygen atoms in total. The summed E-state index contributed by atoms with van der Waals surface area (Å²) in [6.07, 6.45) is 5.11. The predicted octanol–water partition coefficient (Wildman–Crippen LogP) is 3.12. The highest BCUT2D eigenvalue weighted by Crippen LogP contribution is 2.28. The summed E-state index contributed by atoms with van der Waals surface area (Å²) in [5, 5.41) is 0. The number of imidazole rings is 1. The molecule has 0 N–H and O–H groups in total. The van der Waals surface area contributed by atoms with Crippen LogP contribution in [0, 0.1) is 5.92 Å². The number of para-hydroxylation sites is 2. The van der Waals surface area contributed by atoms with Crippen molar-refractivity contribution in [3.8, 4) is 0 Å². The first-order valence-electron chi connectivity index (χ1n) is 12.4. The van der Waals surface area contributed by atoms with Crippen LogP contribution < -0.4 is 5.69 Å². The fraction of sp³-hybridized carbons (Fsp3) is 0.538. The van der Waals surface area contributed by atoms with Crippen molar-refractivity contribution >= 4 is 16.9 Å². The number of ether oxygens (including phenoxy) is 1. The van der Waals surface area contributed by atoms with Crippen molar-refractivity contribution < 1.29 is 13.9 Å². The van der Waals surface area contributed by atoms with Gasteiger partial charge < -0.3 is 14.1 Å². The molecule has 2 saturated heterocycles. The van der Waals surface area contributed by atoms with E-state index in [1.165, 1.54) is 0 Å². The molecular weight excluding hydrogens is 432 g/mol. The Bertz CT molecular complexity index is 1150. The molecule has 0 aliphatic carbocycles. The van der Waals surface area contributed by atoms with Gasteiger partial charge in [-0.05, 0) is 63.0 Å². The van der Waals surface area contributed by atoms with Gasteiger partial charge in [-0.2, -0.15) is 0 Å². The van der Waals surface area contributed by atoms with E-state index in [2.05, 4.69) is 4.90 Å². The lowest BCUT2D eigenvalue weighted by Crippen LogP contribution is -2.46. The quantitative estimate of drug-likeness (QED) is 0.535. The number of carbonyl (C=O) groups is 1. The lowest BCUT2D eigenvalue weighted by Gasteiger charge is -2.37. The zero-order chi connectivity index (χ0) is 23.5. The summed E-state index contributed by atoms with van der Waals surface area (Å²) in [5.74, 6) is 1.36. The number of hydrogen-bond acceptors (Lipinski definition) is 5. The van der Waals surface area contributed by atoms with E-state index in [-0.39, 0.29) is 23.6 Å². The van der Waals surface area contributed by atoms with Crippen LogP contribution in [0.5, 0.6) is 0 Å². The maximum absolute atomic E-state index is 13.3. The van der Waals surface area contributed by atoms with Crippen molar-refractivity contribution in [2.75, 3.05) is 39.9 Å². The molecule has 2 aliphatic heterocycles. The maximum atomic E-state index is 13.3. The van der Waals surface area contributed by atoms with Crippen LogP contribution in [0.2, 0.25) is 0 Å². The first-order chi connectivity index (χ1) is 16.7. The Kier molecular flexibility index (Phi) is 6.87. The van der Waals surface area contributed by atoms with Crippen LogP contribution >= 0.6 is 0 Å². The summed E-state index contributed by atoms with van der Waals surface area (Å²) < 4.78 is 14.4. The molecule has 3 aromatic rings. The zero-order valence-electron chi connectivity index (χ0n) is 19.9. The van der Waals surface area contributed by atoms with Crippen molar-refractivity contribution in [1.29, 1.82) is 0 Å². The molecule has 0 saturated carbocycles. The number of piperidine rings is 2. The second-order valence-electron chi connectivity index (χ2n) is 9.47. The summed E-state index contributed by atoms with van der Waals surface area (Å²) in [5.41, 5.74) is 1.94. The van der Waals surface area contributed by atoms with E-state index in [9.17, 15) is 9.59 Å². The molecule has 4 heterocycles. The summed E-state index contributed by atoms with van der Waals surface area (Å²) in [6, 6.07) is 12.0. The number of likely N-dealkylation sites (tertiary alicyclic amines) is 2. The van der Waals surface area contributed by atoms with Gasteiger partial charge in [0.25, 0.3) is 0 Å². The maximum Gasteiger partial charge on any atom is 0.329 e. The first kappa shape index (κ1) is 22.9. The van der Waals surface area contributed by atoms with E-state index in [4.69, 9.17) is 9.15 Å². The lowest BCUT2D eigenvalue weighted by atomic mass is 9.93. The highest BCUT2D eigenvalue weighted by atomic mass is 16.5. The number of hydrogen-bond donors (Lipinski definition) is 0. The fourth-order valence-electron chi connectivity index (χ4n) is 5.55. The number of aromatic nitrogens is 2. The number of fused-ring (bicyclic) bond motifs is 1. The standard InChI is InChI=1S/C26H34N4O4/c1-33-18-16-29-23-6-2-3-7-24(23)30(26(29)32)21-10-14-28(15-11-21)25(31)20-8-12-27(13-9-20)19-22-5-4-17-34-22/h2-7,17,20-21H,8-16,18-19H2,1H3. The Hall–Kier alpha value is -2.84. The molecule has 1 aromatic carbocycles. The van der Waals surface area contributed by atoms with Gasteiger partial charge in [0.15, 0.2) is 0 Å². The third-order valence-corrected chi connectivity index (χ3v) is 7.43. The molecule has 5 rings (SSSR count). The molecular formula is C26H34N4O4. The second kappa shape index (κ2) is 10.2. The number of nitrogens with zero attached hydrogens (tertiary/aromatic N) is 4. The number of rotatable bonds is 7. The molecule has 182 valence electrons. The fourth-order valence-corrected chi connectivity index (χ4v) is 5.55. The van der Waals surface area contributed by atoms with Gasteiger partial charge in [-0.15, -0.1) is 0 Å². The average Bonchev–Trinajstić information content (AvgIpc) is 3.48. The van der Waals surface area contributed by atoms with E-state index in [0.29, 0.717) is 26.2 Å². The summed E-state index contributed by atoms with van der Waals surface area (Å²) >= 11 is 0. The summed E-state index contributed by atoms with van der Waals surface area (Å²) in [6.45, 7) is 5.11. The number of carbonyl (C=O) groups excluding carboxylic acids is 1. The molecule has 2 fully saturated rings. The lowest BCUT2D eigenvalue weighted by molar-refractivity contribution is -0.138. The van der Waals surface area contributed by atoms with E-state index in [1.54, 1.807) is 13.4 Å². The predicted molar refractivity (Wildman–Crippen MR) is 130 cm³/mol. The van der Waals surface area contributed by atoms with Gasteiger partial charge in [0.05, 0.1) is 37.0 Å². The van der Waals surface area contributed by atoms with Crippen LogP contribution in [0.15, 0.2) is 51.9 Å². The summed E-state index contributed by atoms with van der Waals surface area (Å²) in [7, 11) is 1.65. The van der Waals surface area contributed by atoms with E-state index in [1.807, 2.05) is 50.4 Å². The molecule has 0 bridgehead atoms. The first-order valence-corrected chi connectivity index (χ1v) is 12.4. The van der Waals surface area contributed by atoms with E-state index >= 15 is 0 Å². The highest BCUT2D eigenvalue weighted by molar-refractivity contribution is 5.79. The molecule has 0 atom stereocenters. The third-order valence-electron chi connectivity index (χ3n) is 7.43. The zero-order valence-corrected chi connectivity index (χ0v) is 19.9. The summed E-state index contributed by atoms with van der Waals surface area (Å²) in [4.78, 5) is 30.9. The van der Waals surface area contributed by atoms with Gasteiger partial charge in [-0.1, -0.05) is 12.1 Å². The highest BCUT2D eigenvalue weighted by Gasteiger charge is 2.32. The van der Waals surface area contributed by atoms with Crippen molar-refractivity contribution in [2.24, 2.45) is 5.92 Å². The van der Waals surface area contributed by atoms with Gasteiger partial charge >= 0.3 is 5.69 Å². The second-order valence-corrected chi connectivity index (χ2v) is 9.47. The Balaban J connectivity index is 1.20. The molecule has 34 heavy (non-hydrogen) atoms. The molecule has 0 spiro atoms. The topological polar surface area (TPSA) is 72.8 Å². The van der Waals surface area contributed by atoms with Crippen LogP contribution in [0.1, 0.15) is 37.5 Å². The molecule has 8 heteroatoms. The molecule has 0 radical (unpaired) electrons. The number of furan rings is 1. The molecule has 2 aromatic heterocycles. The monoisotopic (exact) mass is 466 g/mol. The Morgan fingerprint density at radius 2 is 1.74 bits per heavy atom. The van der Waals surface area contributed by atoms with Crippen LogP contribution in [-0.2, 0) is 22.6 Å². The van der Waals surface area contributed by atoms with E-state index < -0.39 is 0 Å².